The SMILES string of the molecule is C=CB1OC(C)(C)C(C)(C)O1.C=Cc1cc(Cl)cc(N2CCOCC2)n1.Clc1cc(Cl)nc(N2CCOCC2)c1. The minimum absolute atomic E-state index is 0.230. The van der Waals surface area contributed by atoms with Gasteiger partial charge in [0, 0.05) is 36.2 Å². The van der Waals surface area contributed by atoms with Crippen LogP contribution in [0.5, 0.6) is 0 Å². The highest BCUT2D eigenvalue weighted by Gasteiger charge is 2.49. The van der Waals surface area contributed by atoms with Gasteiger partial charge in [-0.1, -0.05) is 47.4 Å². The average Bonchev–Trinajstić information content (AvgIpc) is 3.15. The molecule has 0 atom stereocenters. The molecule has 0 bridgehead atoms. The molecule has 0 spiro atoms. The molecule has 8 nitrogen and oxygen atoms in total. The van der Waals surface area contributed by atoms with E-state index in [1.165, 1.54) is 0 Å². The van der Waals surface area contributed by atoms with E-state index in [9.17, 15) is 0 Å². The van der Waals surface area contributed by atoms with Gasteiger partial charge >= 0.3 is 7.12 Å². The number of nitrogens with zero attached hydrogens (tertiary/aromatic N) is 4. The van der Waals surface area contributed by atoms with Crippen LogP contribution >= 0.6 is 34.8 Å². The third kappa shape index (κ3) is 9.34. The molecule has 40 heavy (non-hydrogen) atoms. The van der Waals surface area contributed by atoms with E-state index in [0.29, 0.717) is 15.2 Å². The molecule has 2 aromatic heterocycles. The van der Waals surface area contributed by atoms with Crippen LogP contribution in [-0.4, -0.2) is 80.9 Å². The van der Waals surface area contributed by atoms with E-state index < -0.39 is 0 Å². The van der Waals surface area contributed by atoms with Gasteiger partial charge in [0.05, 0.1) is 43.3 Å². The molecule has 3 saturated heterocycles. The smallest absolute Gasteiger partial charge is 0.400 e. The maximum atomic E-state index is 6.00. The molecule has 218 valence electrons. The number of ether oxygens (including phenoxy) is 2. The zero-order valence-corrected chi connectivity index (χ0v) is 25.9. The van der Waals surface area contributed by atoms with Crippen molar-refractivity contribution in [3.63, 3.8) is 0 Å². The summed E-state index contributed by atoms with van der Waals surface area (Å²) in [5.74, 6) is 3.41. The summed E-state index contributed by atoms with van der Waals surface area (Å²) in [5.41, 5.74) is 0.349. The molecule has 0 aromatic carbocycles. The summed E-state index contributed by atoms with van der Waals surface area (Å²) in [4.78, 5) is 12.9. The van der Waals surface area contributed by atoms with E-state index in [2.05, 4.69) is 32.9 Å². The highest BCUT2D eigenvalue weighted by Crippen LogP contribution is 2.36. The highest BCUT2D eigenvalue weighted by atomic mass is 35.5. The molecule has 0 radical (unpaired) electrons. The maximum absolute atomic E-state index is 6.00. The van der Waals surface area contributed by atoms with E-state index >= 15 is 0 Å². The molecule has 2 aromatic rings. The van der Waals surface area contributed by atoms with Crippen LogP contribution in [0.25, 0.3) is 6.08 Å². The van der Waals surface area contributed by atoms with E-state index in [4.69, 9.17) is 53.6 Å². The number of morpholine rings is 2. The molecule has 3 fully saturated rings. The van der Waals surface area contributed by atoms with Crippen LogP contribution in [0.2, 0.25) is 15.2 Å². The van der Waals surface area contributed by atoms with Crippen LogP contribution in [0.4, 0.5) is 11.6 Å². The fourth-order valence-corrected chi connectivity index (χ4v) is 4.62. The minimum Gasteiger partial charge on any atom is -0.400 e. The summed E-state index contributed by atoms with van der Waals surface area (Å²) in [6.07, 6.45) is 1.70. The number of anilines is 2. The molecular weight excluding hydrogens is 574 g/mol. The maximum Gasteiger partial charge on any atom is 0.486 e. The molecule has 0 unspecified atom stereocenters. The lowest BCUT2D eigenvalue weighted by molar-refractivity contribution is 0.00578. The van der Waals surface area contributed by atoms with Crippen molar-refractivity contribution in [2.24, 2.45) is 0 Å². The van der Waals surface area contributed by atoms with Crippen molar-refractivity contribution in [3.05, 3.63) is 64.3 Å². The first-order chi connectivity index (χ1) is 18.9. The Hall–Kier alpha value is -1.85. The first-order valence-electron chi connectivity index (χ1n) is 13.2. The van der Waals surface area contributed by atoms with Gasteiger partial charge in [-0.3, -0.25) is 0 Å². The second kappa shape index (κ2) is 14.9. The third-order valence-electron chi connectivity index (χ3n) is 6.88. The van der Waals surface area contributed by atoms with Gasteiger partial charge in [0.25, 0.3) is 0 Å². The Balaban J connectivity index is 0.000000168. The zero-order chi connectivity index (χ0) is 29.3. The highest BCUT2D eigenvalue weighted by molar-refractivity contribution is 6.51. The minimum atomic E-state index is -0.250. The largest absolute Gasteiger partial charge is 0.486 e. The molecule has 12 heteroatoms. The van der Waals surface area contributed by atoms with Crippen molar-refractivity contribution in [1.82, 2.24) is 9.97 Å². The topological polar surface area (TPSA) is 69.2 Å². The van der Waals surface area contributed by atoms with Crippen molar-refractivity contribution in [3.8, 4) is 0 Å². The monoisotopic (exact) mass is 610 g/mol. The number of rotatable bonds is 4. The van der Waals surface area contributed by atoms with Gasteiger partial charge in [0.15, 0.2) is 0 Å². The quantitative estimate of drug-likeness (QED) is 0.297. The summed E-state index contributed by atoms with van der Waals surface area (Å²) in [5, 5.41) is 1.74. The zero-order valence-electron chi connectivity index (χ0n) is 23.7. The van der Waals surface area contributed by atoms with Crippen molar-refractivity contribution in [2.45, 2.75) is 38.9 Å². The lowest BCUT2D eigenvalue weighted by atomic mass is 9.90. The van der Waals surface area contributed by atoms with E-state index in [-0.39, 0.29) is 18.3 Å². The first-order valence-corrected chi connectivity index (χ1v) is 14.3. The Morgan fingerprint density at radius 2 is 1.20 bits per heavy atom. The molecule has 5 rings (SSSR count). The second-order valence-corrected chi connectivity index (χ2v) is 11.6. The predicted molar refractivity (Wildman–Crippen MR) is 166 cm³/mol. The second-order valence-electron chi connectivity index (χ2n) is 10.3. The molecule has 5 heterocycles. The van der Waals surface area contributed by atoms with Crippen molar-refractivity contribution >= 4 is 59.6 Å². The molecule has 3 aliphatic heterocycles. The van der Waals surface area contributed by atoms with Gasteiger partial charge in [-0.15, -0.1) is 6.58 Å². The van der Waals surface area contributed by atoms with Crippen LogP contribution in [-0.2, 0) is 18.8 Å². The lowest BCUT2D eigenvalue weighted by Gasteiger charge is -2.32. The Bertz CT molecular complexity index is 1110. The first kappa shape index (κ1) is 32.7. The van der Waals surface area contributed by atoms with Crippen LogP contribution in [0.3, 0.4) is 0 Å². The number of aromatic nitrogens is 2. The fraction of sp³-hybridized carbons (Fsp3) is 0.500. The van der Waals surface area contributed by atoms with Crippen LogP contribution in [0.1, 0.15) is 33.4 Å². The Kier molecular flexibility index (Phi) is 12.1. The molecule has 0 aliphatic carbocycles. The lowest BCUT2D eigenvalue weighted by Crippen LogP contribution is -2.41. The van der Waals surface area contributed by atoms with Crippen LogP contribution in [0, 0.1) is 0 Å². The number of hydrogen-bond acceptors (Lipinski definition) is 8. The van der Waals surface area contributed by atoms with E-state index in [1.807, 2.05) is 39.8 Å². The Morgan fingerprint density at radius 1 is 0.750 bits per heavy atom. The molecule has 0 saturated carbocycles. The van der Waals surface area contributed by atoms with Gasteiger partial charge < -0.3 is 28.6 Å². The van der Waals surface area contributed by atoms with Gasteiger partial charge in [-0.05, 0) is 58.0 Å². The summed E-state index contributed by atoms with van der Waals surface area (Å²) in [6.45, 7) is 21.8. The molecule has 0 N–H and O–H groups in total. The third-order valence-corrected chi connectivity index (χ3v) is 7.52. The molecule has 0 amide bonds. The number of hydrogen-bond donors (Lipinski definition) is 0. The fourth-order valence-electron chi connectivity index (χ4n) is 3.95. The molecular formula is C28H38BCl3N4O4. The number of pyridine rings is 2. The van der Waals surface area contributed by atoms with Gasteiger partial charge in [0.1, 0.15) is 16.8 Å². The van der Waals surface area contributed by atoms with Gasteiger partial charge in [-0.25, -0.2) is 9.97 Å². The molecule has 3 aliphatic rings. The summed E-state index contributed by atoms with van der Waals surface area (Å²) in [7, 11) is -0.250. The van der Waals surface area contributed by atoms with Crippen LogP contribution in [0.15, 0.2) is 43.4 Å². The van der Waals surface area contributed by atoms with E-state index in [1.54, 1.807) is 24.2 Å². The summed E-state index contributed by atoms with van der Waals surface area (Å²) >= 11 is 17.7. The summed E-state index contributed by atoms with van der Waals surface area (Å²) in [6, 6.07) is 7.13. The number of halogens is 3. The van der Waals surface area contributed by atoms with E-state index in [0.717, 1.165) is 69.9 Å². The van der Waals surface area contributed by atoms with Gasteiger partial charge in [0.2, 0.25) is 0 Å². The Labute approximate surface area is 253 Å². The standard InChI is InChI=1S/C11H13ClN2O.C9H10Cl2N2O.C8H15BO2/c1-2-10-7-9(12)8-11(13-10)14-3-5-15-6-4-14;10-7-5-8(11)12-9(6-7)13-1-3-14-4-2-13;1-6-9-10-7(2,3)8(4,5)11-9/h2,7-8H,1,3-6H2;5-6H,1-4H2;6H,1H2,2-5H3. The summed E-state index contributed by atoms with van der Waals surface area (Å²) < 4.78 is 21.7. The Morgan fingerprint density at radius 3 is 1.60 bits per heavy atom. The van der Waals surface area contributed by atoms with Crippen molar-refractivity contribution in [1.29, 1.82) is 0 Å². The predicted octanol–water partition coefficient (Wildman–Crippen LogP) is 6.24. The van der Waals surface area contributed by atoms with Crippen LogP contribution < -0.4 is 9.80 Å². The van der Waals surface area contributed by atoms with Crippen molar-refractivity contribution in [2.75, 3.05) is 62.4 Å². The van der Waals surface area contributed by atoms with Gasteiger partial charge in [-0.2, -0.15) is 0 Å². The normalized spacial score (nSPS) is 19.6. The van der Waals surface area contributed by atoms with Crippen molar-refractivity contribution < 1.29 is 18.8 Å². The average molecular weight is 612 g/mol.